The van der Waals surface area contributed by atoms with E-state index in [0.717, 1.165) is 0 Å². The Balaban J connectivity index is 2.99. The number of rotatable bonds is 6. The number of hydrogen-bond donors (Lipinski definition) is 2. The van der Waals surface area contributed by atoms with E-state index in [9.17, 15) is 18.6 Å². The van der Waals surface area contributed by atoms with E-state index in [1.807, 2.05) is 13.8 Å². The van der Waals surface area contributed by atoms with Crippen LogP contribution in [0.5, 0.6) is 0 Å². The van der Waals surface area contributed by atoms with Gasteiger partial charge in [-0.15, -0.1) is 0 Å². The van der Waals surface area contributed by atoms with Crippen LogP contribution in [-0.4, -0.2) is 24.9 Å². The van der Waals surface area contributed by atoms with Gasteiger partial charge in [-0.25, -0.2) is 8.42 Å². The summed E-state index contributed by atoms with van der Waals surface area (Å²) >= 11 is 0. The predicted molar refractivity (Wildman–Crippen MR) is 83.1 cm³/mol. The lowest BCUT2D eigenvalue weighted by Gasteiger charge is -2.27. The average molecular weight is 312 g/mol. The highest BCUT2D eigenvalue weighted by Gasteiger charge is 2.25. The highest BCUT2D eigenvalue weighted by atomic mass is 32.2. The average Bonchev–Trinajstić information content (AvgIpc) is 2.45. The molecule has 0 heterocycles. The third-order valence-corrected chi connectivity index (χ3v) is 5.83. The molecule has 0 bridgehead atoms. The Bertz CT molecular complexity index is 576. The van der Waals surface area contributed by atoms with Crippen LogP contribution < -0.4 is 0 Å². The van der Waals surface area contributed by atoms with Crippen LogP contribution in [0.25, 0.3) is 0 Å². The zero-order valence-corrected chi connectivity index (χ0v) is 13.7. The van der Waals surface area contributed by atoms with Gasteiger partial charge in [-0.3, -0.25) is 0 Å². The molecule has 0 aliphatic carbocycles. The third-order valence-electron chi connectivity index (χ3n) is 4.22. The Kier molecular flexibility index (Phi) is 6.13. The number of sulfone groups is 1. The molecule has 2 N–H and O–H groups in total. The van der Waals surface area contributed by atoms with Crippen LogP contribution >= 0.6 is 0 Å². The van der Waals surface area contributed by atoms with E-state index in [1.54, 1.807) is 44.2 Å². The molecular formula is C16H24O4S. The SMILES string of the molecule is CC(=CS(=O)(=O)c1ccccc1)C(C)C(C)[C@@H](C)C(O)O. The summed E-state index contributed by atoms with van der Waals surface area (Å²) in [5, 5.41) is 19.8. The van der Waals surface area contributed by atoms with E-state index in [1.165, 1.54) is 5.41 Å². The van der Waals surface area contributed by atoms with Crippen LogP contribution in [0.3, 0.4) is 0 Å². The van der Waals surface area contributed by atoms with Crippen LogP contribution in [-0.2, 0) is 9.84 Å². The number of hydrogen-bond acceptors (Lipinski definition) is 4. The lowest BCUT2D eigenvalue weighted by Crippen LogP contribution is -2.28. The summed E-state index contributed by atoms with van der Waals surface area (Å²) in [5.74, 6) is -0.449. The van der Waals surface area contributed by atoms with Crippen molar-refractivity contribution in [2.75, 3.05) is 0 Å². The second-order valence-electron chi connectivity index (χ2n) is 5.64. The maximum absolute atomic E-state index is 12.3. The molecule has 1 rings (SSSR count). The maximum Gasteiger partial charge on any atom is 0.199 e. The summed E-state index contributed by atoms with van der Waals surface area (Å²) in [6, 6.07) is 8.27. The van der Waals surface area contributed by atoms with Gasteiger partial charge in [0.15, 0.2) is 16.1 Å². The second-order valence-corrected chi connectivity index (χ2v) is 7.44. The molecule has 0 amide bonds. The standard InChI is InChI=1S/C16H24O4S/c1-11(12(2)13(3)14(4)16(17)18)10-21(19,20)15-8-6-5-7-9-15/h5-10,12-14,16-18H,1-4H3/t12?,13?,14-/m1/s1. The highest BCUT2D eigenvalue weighted by molar-refractivity contribution is 7.94. The van der Waals surface area contributed by atoms with Crippen LogP contribution in [0.15, 0.2) is 46.2 Å². The van der Waals surface area contributed by atoms with Crippen molar-refractivity contribution in [1.29, 1.82) is 0 Å². The first kappa shape index (κ1) is 17.9. The summed E-state index contributed by atoms with van der Waals surface area (Å²) in [5.41, 5.74) is 0.707. The maximum atomic E-state index is 12.3. The minimum atomic E-state index is -3.47. The van der Waals surface area contributed by atoms with Crippen LogP contribution in [0.1, 0.15) is 27.7 Å². The van der Waals surface area contributed by atoms with Gasteiger partial charge < -0.3 is 10.2 Å². The van der Waals surface area contributed by atoms with Crippen molar-refractivity contribution >= 4 is 9.84 Å². The van der Waals surface area contributed by atoms with E-state index in [-0.39, 0.29) is 22.6 Å². The van der Waals surface area contributed by atoms with Gasteiger partial charge >= 0.3 is 0 Å². The van der Waals surface area contributed by atoms with Gasteiger partial charge in [-0.1, -0.05) is 44.5 Å². The lowest BCUT2D eigenvalue weighted by atomic mass is 9.81. The van der Waals surface area contributed by atoms with Gasteiger partial charge in [0.1, 0.15) is 0 Å². The molecule has 0 radical (unpaired) electrons. The van der Waals surface area contributed by atoms with Gasteiger partial charge in [-0.05, 0) is 30.9 Å². The highest BCUT2D eigenvalue weighted by Crippen LogP contribution is 2.29. The lowest BCUT2D eigenvalue weighted by molar-refractivity contribution is -0.0964. The Hall–Kier alpha value is -1.17. The normalized spacial score (nSPS) is 17.6. The first-order valence-electron chi connectivity index (χ1n) is 7.01. The zero-order chi connectivity index (χ0) is 16.2. The van der Waals surface area contributed by atoms with Crippen LogP contribution in [0, 0.1) is 17.8 Å². The van der Waals surface area contributed by atoms with Gasteiger partial charge in [0, 0.05) is 11.3 Å². The molecular weight excluding hydrogens is 288 g/mol. The first-order valence-corrected chi connectivity index (χ1v) is 8.56. The van der Waals surface area contributed by atoms with Crippen LogP contribution in [0.4, 0.5) is 0 Å². The van der Waals surface area contributed by atoms with Gasteiger partial charge in [-0.2, -0.15) is 0 Å². The van der Waals surface area contributed by atoms with E-state index in [4.69, 9.17) is 0 Å². The minimum Gasteiger partial charge on any atom is -0.368 e. The Morgan fingerprint density at radius 1 is 1.05 bits per heavy atom. The third kappa shape index (κ3) is 4.66. The van der Waals surface area contributed by atoms with E-state index < -0.39 is 16.1 Å². The fourth-order valence-electron chi connectivity index (χ4n) is 2.17. The molecule has 0 aliphatic heterocycles. The molecule has 1 aromatic carbocycles. The van der Waals surface area contributed by atoms with E-state index >= 15 is 0 Å². The summed E-state index contributed by atoms with van der Waals surface area (Å²) in [6.07, 6.45) is -1.40. The van der Waals surface area contributed by atoms with Crippen molar-refractivity contribution in [3.05, 3.63) is 41.3 Å². The van der Waals surface area contributed by atoms with E-state index in [2.05, 4.69) is 0 Å². The van der Waals surface area contributed by atoms with Crippen LogP contribution in [0.2, 0.25) is 0 Å². The van der Waals surface area contributed by atoms with E-state index in [0.29, 0.717) is 5.57 Å². The molecule has 4 nitrogen and oxygen atoms in total. The monoisotopic (exact) mass is 312 g/mol. The number of aliphatic hydroxyl groups is 2. The molecule has 0 saturated carbocycles. The quantitative estimate of drug-likeness (QED) is 0.792. The number of benzene rings is 1. The molecule has 0 saturated heterocycles. The van der Waals surface area contributed by atoms with Crippen molar-refractivity contribution in [1.82, 2.24) is 0 Å². The first-order chi connectivity index (χ1) is 9.66. The molecule has 0 spiro atoms. The summed E-state index contributed by atoms with van der Waals surface area (Å²) in [4.78, 5) is 0.263. The van der Waals surface area contributed by atoms with Crippen molar-refractivity contribution in [3.63, 3.8) is 0 Å². The van der Waals surface area contributed by atoms with Gasteiger partial charge in [0.25, 0.3) is 0 Å². The van der Waals surface area contributed by atoms with Crippen molar-refractivity contribution in [2.24, 2.45) is 17.8 Å². The second kappa shape index (κ2) is 7.20. The Labute approximate surface area is 127 Å². The minimum absolute atomic E-state index is 0.0489. The zero-order valence-electron chi connectivity index (χ0n) is 12.9. The fraction of sp³-hybridized carbons (Fsp3) is 0.500. The molecule has 1 aromatic rings. The van der Waals surface area contributed by atoms with Crippen molar-refractivity contribution in [3.8, 4) is 0 Å². The smallest absolute Gasteiger partial charge is 0.199 e. The van der Waals surface area contributed by atoms with Gasteiger partial charge in [0.05, 0.1) is 4.90 Å². The predicted octanol–water partition coefficient (Wildman–Crippen LogP) is 2.58. The molecule has 0 aromatic heterocycles. The molecule has 3 atom stereocenters. The summed E-state index contributed by atoms with van der Waals surface area (Å²) < 4.78 is 24.6. The summed E-state index contributed by atoms with van der Waals surface area (Å²) in [6.45, 7) is 7.29. The van der Waals surface area contributed by atoms with Gasteiger partial charge in [0.2, 0.25) is 0 Å². The molecule has 118 valence electrons. The largest absolute Gasteiger partial charge is 0.368 e. The Morgan fingerprint density at radius 2 is 1.57 bits per heavy atom. The molecule has 2 unspecified atom stereocenters. The topological polar surface area (TPSA) is 74.6 Å². The molecule has 5 heteroatoms. The number of allylic oxidation sites excluding steroid dienone is 1. The number of aliphatic hydroxyl groups excluding tert-OH is 1. The molecule has 0 aliphatic rings. The molecule has 21 heavy (non-hydrogen) atoms. The summed E-state index contributed by atoms with van der Waals surface area (Å²) in [7, 11) is -3.47. The van der Waals surface area contributed by atoms with Crippen molar-refractivity contribution < 1.29 is 18.6 Å². The van der Waals surface area contributed by atoms with Crippen molar-refractivity contribution in [2.45, 2.75) is 38.9 Å². The fourth-order valence-corrected chi connectivity index (χ4v) is 3.55. The molecule has 0 fully saturated rings. The Morgan fingerprint density at radius 3 is 2.05 bits per heavy atom.